The van der Waals surface area contributed by atoms with Crippen molar-refractivity contribution in [3.8, 4) is 22.9 Å². The highest BCUT2D eigenvalue weighted by molar-refractivity contribution is 7.99. The molecule has 1 aromatic heterocycles. The smallest absolute Gasteiger partial charge is 0.269 e. The van der Waals surface area contributed by atoms with Crippen LogP contribution in [0.4, 0.5) is 5.69 Å². The Labute approximate surface area is 169 Å². The summed E-state index contributed by atoms with van der Waals surface area (Å²) in [5.41, 5.74) is 1.21. The first-order valence-corrected chi connectivity index (χ1v) is 9.79. The Kier molecular flexibility index (Phi) is 5.17. The molecule has 1 aliphatic heterocycles. The van der Waals surface area contributed by atoms with Gasteiger partial charge in [-0.2, -0.15) is 0 Å². The largest absolute Gasteiger partial charge is 0.454 e. The number of carbonyl (C=O) groups is 1. The molecule has 3 aromatic rings. The van der Waals surface area contributed by atoms with Crippen LogP contribution in [0.2, 0.25) is 0 Å². The number of ether oxygens (including phenoxy) is 2. The van der Waals surface area contributed by atoms with E-state index in [-0.39, 0.29) is 24.0 Å². The van der Waals surface area contributed by atoms with Crippen LogP contribution in [0, 0.1) is 10.1 Å². The lowest BCUT2D eigenvalue weighted by atomic mass is 10.1. The molecule has 0 bridgehead atoms. The van der Waals surface area contributed by atoms with Crippen molar-refractivity contribution in [3.05, 3.63) is 58.1 Å². The predicted molar refractivity (Wildman–Crippen MR) is 105 cm³/mol. The van der Waals surface area contributed by atoms with Crippen LogP contribution in [0.3, 0.4) is 0 Å². The second-order valence-corrected chi connectivity index (χ2v) is 7.08. The van der Waals surface area contributed by atoms with E-state index in [1.807, 2.05) is 29.7 Å². The van der Waals surface area contributed by atoms with Crippen molar-refractivity contribution in [1.29, 1.82) is 0 Å². The fourth-order valence-corrected chi connectivity index (χ4v) is 3.81. The molecule has 2 heterocycles. The number of non-ortho nitro benzene ring substituents is 1. The number of nitro groups is 1. The molecule has 2 aromatic carbocycles. The number of hydrogen-bond acceptors (Lipinski definition) is 8. The van der Waals surface area contributed by atoms with Crippen molar-refractivity contribution in [2.24, 2.45) is 0 Å². The van der Waals surface area contributed by atoms with Crippen molar-refractivity contribution in [1.82, 2.24) is 14.8 Å². The summed E-state index contributed by atoms with van der Waals surface area (Å²) in [6.45, 7) is 2.80. The highest BCUT2D eigenvalue weighted by Gasteiger charge is 2.19. The van der Waals surface area contributed by atoms with Crippen LogP contribution >= 0.6 is 11.8 Å². The van der Waals surface area contributed by atoms with E-state index >= 15 is 0 Å². The Hall–Kier alpha value is -3.40. The summed E-state index contributed by atoms with van der Waals surface area (Å²) < 4.78 is 12.7. The Bertz CT molecular complexity index is 1080. The Morgan fingerprint density at radius 1 is 1.17 bits per heavy atom. The van der Waals surface area contributed by atoms with E-state index < -0.39 is 4.92 Å². The molecule has 0 saturated heterocycles. The maximum Gasteiger partial charge on any atom is 0.269 e. The molecule has 0 amide bonds. The third-order valence-corrected chi connectivity index (χ3v) is 5.36. The highest BCUT2D eigenvalue weighted by Crippen LogP contribution is 2.36. The van der Waals surface area contributed by atoms with Crippen LogP contribution in [0.5, 0.6) is 11.5 Å². The maximum atomic E-state index is 12.4. The van der Waals surface area contributed by atoms with Gasteiger partial charge >= 0.3 is 0 Å². The molecule has 0 fully saturated rings. The molecule has 29 heavy (non-hydrogen) atoms. The van der Waals surface area contributed by atoms with Crippen LogP contribution in [-0.4, -0.2) is 38.0 Å². The number of aromatic nitrogens is 3. The lowest BCUT2D eigenvalue weighted by Gasteiger charge is -2.08. The summed E-state index contributed by atoms with van der Waals surface area (Å²) in [7, 11) is 0. The molecular formula is C19H16N4O5S. The number of ketones is 1. The number of thioether (sulfide) groups is 1. The van der Waals surface area contributed by atoms with E-state index in [0.29, 0.717) is 34.6 Å². The number of carbonyl (C=O) groups excluding carboxylic acids is 1. The van der Waals surface area contributed by atoms with E-state index in [0.717, 1.165) is 5.56 Å². The average molecular weight is 412 g/mol. The van der Waals surface area contributed by atoms with Crippen molar-refractivity contribution >= 4 is 23.2 Å². The number of nitro benzene ring substituents is 1. The van der Waals surface area contributed by atoms with Crippen LogP contribution < -0.4 is 9.47 Å². The zero-order valence-electron chi connectivity index (χ0n) is 15.4. The minimum absolute atomic E-state index is 0.0479. The van der Waals surface area contributed by atoms with Gasteiger partial charge < -0.3 is 14.0 Å². The zero-order chi connectivity index (χ0) is 20.4. The summed E-state index contributed by atoms with van der Waals surface area (Å²) >= 11 is 1.28. The summed E-state index contributed by atoms with van der Waals surface area (Å²) in [4.78, 5) is 22.7. The fraction of sp³-hybridized carbons (Fsp3) is 0.211. The van der Waals surface area contributed by atoms with Gasteiger partial charge in [0.05, 0.1) is 10.7 Å². The molecule has 0 radical (unpaired) electrons. The Morgan fingerprint density at radius 3 is 2.66 bits per heavy atom. The summed E-state index contributed by atoms with van der Waals surface area (Å²) in [6, 6.07) is 11.1. The number of fused-ring (bicyclic) bond motifs is 1. The number of Topliss-reactive ketones (excluding diaryl/α,β-unsaturated/α-hetero) is 1. The molecule has 0 spiro atoms. The Balaban J connectivity index is 1.49. The molecule has 0 aliphatic carbocycles. The first-order valence-electron chi connectivity index (χ1n) is 8.80. The standard InChI is InChI=1S/C19H16N4O5S/c1-2-22-18(13-5-8-16-17(9-13)28-11-27-16)20-21-19(22)29-10-15(24)12-3-6-14(7-4-12)23(25)26/h3-9H,2,10-11H2,1H3. The third-order valence-electron chi connectivity index (χ3n) is 4.40. The molecule has 0 unspecified atom stereocenters. The lowest BCUT2D eigenvalue weighted by Crippen LogP contribution is -2.05. The van der Waals surface area contributed by atoms with Gasteiger partial charge in [0.25, 0.3) is 5.69 Å². The third kappa shape index (κ3) is 3.79. The van der Waals surface area contributed by atoms with E-state index in [9.17, 15) is 14.9 Å². The van der Waals surface area contributed by atoms with Gasteiger partial charge in [0.2, 0.25) is 6.79 Å². The molecular weight excluding hydrogens is 396 g/mol. The van der Waals surface area contributed by atoms with Gasteiger partial charge in [0, 0.05) is 29.8 Å². The first kappa shape index (κ1) is 18.9. The second-order valence-electron chi connectivity index (χ2n) is 6.13. The SMILES string of the molecule is CCn1c(SCC(=O)c2ccc([N+](=O)[O-])cc2)nnc1-c1ccc2c(c1)OCO2. The van der Waals surface area contributed by atoms with Crippen molar-refractivity contribution in [2.45, 2.75) is 18.6 Å². The van der Waals surface area contributed by atoms with E-state index in [1.165, 1.54) is 36.0 Å². The van der Waals surface area contributed by atoms with Gasteiger partial charge in [-0.3, -0.25) is 14.9 Å². The van der Waals surface area contributed by atoms with Crippen LogP contribution in [0.15, 0.2) is 47.6 Å². The monoisotopic (exact) mass is 412 g/mol. The maximum absolute atomic E-state index is 12.4. The summed E-state index contributed by atoms with van der Waals surface area (Å²) in [5, 5.41) is 19.8. The number of rotatable bonds is 7. The number of nitrogens with zero attached hydrogens (tertiary/aromatic N) is 4. The highest BCUT2D eigenvalue weighted by atomic mass is 32.2. The minimum atomic E-state index is -0.496. The van der Waals surface area contributed by atoms with Gasteiger partial charge in [-0.15, -0.1) is 10.2 Å². The lowest BCUT2D eigenvalue weighted by molar-refractivity contribution is -0.384. The van der Waals surface area contributed by atoms with E-state index in [2.05, 4.69) is 10.2 Å². The molecule has 9 nitrogen and oxygen atoms in total. The van der Waals surface area contributed by atoms with E-state index in [4.69, 9.17) is 9.47 Å². The van der Waals surface area contributed by atoms with Crippen LogP contribution in [0.1, 0.15) is 17.3 Å². The van der Waals surface area contributed by atoms with Gasteiger partial charge in [0.1, 0.15) is 0 Å². The first-order chi connectivity index (χ1) is 14.1. The predicted octanol–water partition coefficient (Wildman–Crippen LogP) is 3.58. The van der Waals surface area contributed by atoms with Crippen molar-refractivity contribution in [2.75, 3.05) is 12.5 Å². The minimum Gasteiger partial charge on any atom is -0.454 e. The molecule has 1 aliphatic rings. The summed E-state index contributed by atoms with van der Waals surface area (Å²) in [5.74, 6) is 2.04. The van der Waals surface area contributed by atoms with Gasteiger partial charge in [-0.1, -0.05) is 11.8 Å². The van der Waals surface area contributed by atoms with Crippen LogP contribution in [-0.2, 0) is 6.54 Å². The molecule has 0 saturated carbocycles. The topological polar surface area (TPSA) is 109 Å². The summed E-state index contributed by atoms with van der Waals surface area (Å²) in [6.07, 6.45) is 0. The van der Waals surface area contributed by atoms with Crippen LogP contribution in [0.25, 0.3) is 11.4 Å². The normalized spacial score (nSPS) is 12.2. The number of hydrogen-bond donors (Lipinski definition) is 0. The quantitative estimate of drug-likeness (QED) is 0.251. The average Bonchev–Trinajstić information content (AvgIpc) is 3.37. The molecule has 0 atom stereocenters. The van der Waals surface area contributed by atoms with Gasteiger partial charge in [-0.05, 0) is 37.3 Å². The van der Waals surface area contributed by atoms with Gasteiger partial charge in [0.15, 0.2) is 28.3 Å². The van der Waals surface area contributed by atoms with Crippen molar-refractivity contribution < 1.29 is 19.2 Å². The molecule has 148 valence electrons. The Morgan fingerprint density at radius 2 is 1.93 bits per heavy atom. The molecule has 0 N–H and O–H groups in total. The van der Waals surface area contributed by atoms with Crippen molar-refractivity contribution in [3.63, 3.8) is 0 Å². The molecule has 10 heteroatoms. The second kappa shape index (κ2) is 7.92. The fourth-order valence-electron chi connectivity index (χ4n) is 2.91. The van der Waals surface area contributed by atoms with E-state index in [1.54, 1.807) is 0 Å². The number of benzene rings is 2. The van der Waals surface area contributed by atoms with Gasteiger partial charge in [-0.25, -0.2) is 0 Å². The zero-order valence-corrected chi connectivity index (χ0v) is 16.2. The molecule has 4 rings (SSSR count).